The number of azo groups is 3. The third kappa shape index (κ3) is 14.7. The van der Waals surface area contributed by atoms with Gasteiger partial charge in [-0.2, -0.15) is 44.6 Å². The summed E-state index contributed by atoms with van der Waals surface area (Å²) in [6.45, 7) is 2.73. The number of phenolic OH excluding ortho intramolecular Hbond substituents is 1. The van der Waals surface area contributed by atoms with E-state index in [-0.39, 0.29) is 57.9 Å². The molecule has 30 nitrogen and oxygen atoms in total. The van der Waals surface area contributed by atoms with E-state index >= 15 is 0 Å². The van der Waals surface area contributed by atoms with Crippen LogP contribution in [0.2, 0.25) is 0 Å². The van der Waals surface area contributed by atoms with E-state index < -0.39 is 102 Å². The molecule has 0 atom stereocenters. The number of carbonyl (C=O) groups excluding carboxylic acids is 2. The fourth-order valence-corrected chi connectivity index (χ4v) is 8.57. The molecule has 0 aliphatic heterocycles. The van der Waals surface area contributed by atoms with Crippen molar-refractivity contribution in [3.8, 4) is 28.8 Å². The van der Waals surface area contributed by atoms with Crippen LogP contribution in [0, 0.1) is 13.8 Å². The number of fused-ring (bicyclic) bond motifs is 1. The topological polar surface area (TPSA) is 473 Å². The largest absolute Gasteiger partial charge is 0.505 e. The van der Waals surface area contributed by atoms with Gasteiger partial charge in [-0.3, -0.25) is 13.7 Å². The number of carboxylic acids is 1. The molecule has 0 amide bonds. The highest BCUT2D eigenvalue weighted by Crippen LogP contribution is 2.44. The zero-order valence-electron chi connectivity index (χ0n) is 35.6. The number of carbonyl (C=O) groups is 1. The number of hydrogen-bond acceptors (Lipinski definition) is 27. The van der Waals surface area contributed by atoms with Crippen LogP contribution in [-0.4, -0.2) is 123 Å². The highest BCUT2D eigenvalue weighted by Gasteiger charge is 2.27. The van der Waals surface area contributed by atoms with Crippen LogP contribution in [0.4, 0.5) is 33.6 Å². The van der Waals surface area contributed by atoms with Crippen LogP contribution in [0.5, 0.6) is 23.1 Å². The molecule has 0 saturated carbocycles. The summed E-state index contributed by atoms with van der Waals surface area (Å²) in [7, 11) is -17.6. The SMILES string of the molecule is CSc1nnc(N=Nc2cc(OCCCS(=O)(=O)O)c(N=Nc3ccc4c(S(=O)(=O)O)c(N=Nc5c(C)nn(-c6cc(S(=O)(=O)O)cc(C(=O)O)c6O)c5O)ccc4c3O)cc2C)s1.O=C=O.O=S(=O)=O. The van der Waals surface area contributed by atoms with Gasteiger partial charge in [0.1, 0.15) is 39.0 Å². The van der Waals surface area contributed by atoms with E-state index in [9.17, 15) is 59.6 Å². The minimum atomic E-state index is -5.17. The van der Waals surface area contributed by atoms with Crippen LogP contribution < -0.4 is 4.74 Å². The average molecular weight is 1100 g/mol. The highest BCUT2D eigenvalue weighted by atomic mass is 32.2. The van der Waals surface area contributed by atoms with Gasteiger partial charge in [-0.15, -0.1) is 53.5 Å². The van der Waals surface area contributed by atoms with Crippen molar-refractivity contribution in [2.24, 2.45) is 30.7 Å². The lowest BCUT2D eigenvalue weighted by atomic mass is 10.1. The third-order valence-electron chi connectivity index (χ3n) is 8.58. The molecule has 0 saturated heterocycles. The average Bonchev–Trinajstić information content (AvgIpc) is 3.85. The molecule has 0 fully saturated rings. The van der Waals surface area contributed by atoms with Crippen LogP contribution in [-0.2, 0) is 50.6 Å². The van der Waals surface area contributed by atoms with Gasteiger partial charge in [-0.05, 0) is 68.5 Å². The second kappa shape index (κ2) is 23.4. The summed E-state index contributed by atoms with van der Waals surface area (Å²) in [6, 6.07) is 8.58. The smallest absolute Gasteiger partial charge is 0.425 e. The van der Waals surface area contributed by atoms with E-state index in [4.69, 9.17) is 31.5 Å². The van der Waals surface area contributed by atoms with Crippen LogP contribution in [0.25, 0.3) is 16.5 Å². The van der Waals surface area contributed by atoms with Gasteiger partial charge in [-0.1, -0.05) is 29.2 Å². The molecule has 0 bridgehead atoms. The van der Waals surface area contributed by atoms with Crippen molar-refractivity contribution < 1.29 is 91.1 Å². The molecule has 0 radical (unpaired) electrons. The van der Waals surface area contributed by atoms with E-state index in [0.717, 1.165) is 18.2 Å². The van der Waals surface area contributed by atoms with Gasteiger partial charge in [0.2, 0.25) is 5.88 Å². The molecule has 0 spiro atoms. The molecule has 6 rings (SSSR count). The maximum absolute atomic E-state index is 12.8. The predicted molar refractivity (Wildman–Crippen MR) is 240 cm³/mol. The highest BCUT2D eigenvalue weighted by molar-refractivity contribution is 8.00. The van der Waals surface area contributed by atoms with Crippen molar-refractivity contribution >= 4 is 121 Å². The summed E-state index contributed by atoms with van der Waals surface area (Å²) < 4.78 is 133. The van der Waals surface area contributed by atoms with E-state index in [1.54, 1.807) is 6.92 Å². The van der Waals surface area contributed by atoms with Crippen LogP contribution >= 0.6 is 23.1 Å². The molecule has 2 heterocycles. The molecule has 0 aliphatic rings. The van der Waals surface area contributed by atoms with Crippen molar-refractivity contribution in [2.75, 3.05) is 18.6 Å². The Morgan fingerprint density at radius 1 is 0.789 bits per heavy atom. The number of aromatic carboxylic acids is 1. The molecule has 2 aromatic heterocycles. The van der Waals surface area contributed by atoms with Gasteiger partial charge in [0.15, 0.2) is 21.5 Å². The lowest BCUT2D eigenvalue weighted by Gasteiger charge is -2.11. The van der Waals surface area contributed by atoms with Gasteiger partial charge in [0.05, 0.1) is 28.6 Å². The van der Waals surface area contributed by atoms with Crippen molar-refractivity contribution in [1.82, 2.24) is 20.0 Å². The molecule has 4 aromatic carbocycles. The van der Waals surface area contributed by atoms with Crippen molar-refractivity contribution in [3.05, 3.63) is 65.4 Å². The number of aromatic nitrogens is 4. The first-order valence-electron chi connectivity index (χ1n) is 18.4. The Hall–Kier alpha value is -7.54. The number of rotatable bonds is 16. The Kier molecular flexibility index (Phi) is 18.5. The number of aryl methyl sites for hydroxylation is 2. The van der Waals surface area contributed by atoms with Crippen LogP contribution in [0.3, 0.4) is 0 Å². The summed E-state index contributed by atoms with van der Waals surface area (Å²) in [5, 5.41) is 78.3. The van der Waals surface area contributed by atoms with Crippen molar-refractivity contribution in [2.45, 2.75) is 34.4 Å². The number of aromatic hydroxyl groups is 3. The molecule has 7 N–H and O–H groups in total. The Labute approximate surface area is 407 Å². The van der Waals surface area contributed by atoms with Crippen LogP contribution in [0.1, 0.15) is 28.0 Å². The fourth-order valence-electron chi connectivity index (χ4n) is 5.65. The number of ether oxygens (including phenoxy) is 1. The second-order valence-electron chi connectivity index (χ2n) is 13.2. The molecule has 0 unspecified atom stereocenters. The van der Waals surface area contributed by atoms with Gasteiger partial charge in [-0.25, -0.2) is 4.79 Å². The maximum Gasteiger partial charge on any atom is 0.425 e. The summed E-state index contributed by atoms with van der Waals surface area (Å²) in [6.07, 6.45) is 1.96. The Morgan fingerprint density at radius 2 is 1.38 bits per heavy atom. The normalized spacial score (nSPS) is 11.9. The Morgan fingerprint density at radius 3 is 1.96 bits per heavy atom. The lowest BCUT2D eigenvalue weighted by molar-refractivity contribution is -0.191. The van der Waals surface area contributed by atoms with Gasteiger partial charge >= 0.3 is 22.7 Å². The molecule has 376 valence electrons. The molecule has 71 heavy (non-hydrogen) atoms. The minimum absolute atomic E-state index is 0.0462. The summed E-state index contributed by atoms with van der Waals surface area (Å²) in [5.74, 6) is -4.98. The Balaban J connectivity index is 0.00000147. The molecule has 36 heteroatoms. The molecular formula is C35H30N10O20S6. The van der Waals surface area contributed by atoms with Gasteiger partial charge in [0.25, 0.3) is 35.5 Å². The number of benzene rings is 4. The summed E-state index contributed by atoms with van der Waals surface area (Å²) in [5.41, 5.74) is -2.20. The maximum atomic E-state index is 12.8. The number of thioether (sulfide) groups is 1. The summed E-state index contributed by atoms with van der Waals surface area (Å²) in [4.78, 5) is 26.1. The molecule has 0 aliphatic carbocycles. The van der Waals surface area contributed by atoms with E-state index in [0.29, 0.717) is 32.4 Å². The number of nitrogens with zero attached hydrogens (tertiary/aromatic N) is 10. The van der Waals surface area contributed by atoms with E-state index in [2.05, 4.69) is 46.0 Å². The third-order valence-corrected chi connectivity index (χ3v) is 12.9. The van der Waals surface area contributed by atoms with Gasteiger partial charge in [0, 0.05) is 16.8 Å². The monoisotopic (exact) mass is 1100 g/mol. The van der Waals surface area contributed by atoms with Gasteiger partial charge < -0.3 is 25.2 Å². The zero-order chi connectivity index (χ0) is 53.2. The quantitative estimate of drug-likeness (QED) is 0.0259. The standard InChI is InChI=1S/C34H30N10O15S5.CO2.O3S/c1-15-11-24(26(59-9-4-10-62(50,51)52)14-23(15)37-40-33-41-42-34(60-3)61-33)38-35-21-7-6-19-18(28(21)45)5-8-22(30(19)64(56,57)58)36-39-27-16(2)43-44(31(27)47)25-13-17(63(53,54)55)12-20(29(25)46)32(48)49;2-1-3;1-4(2)3/h5-8,11-14,45-47H,4,9-10H2,1-3H3,(H,48,49)(H,50,51,52)(H,53,54,55)(H,56,57,58);;. The number of hydrogen-bond donors (Lipinski definition) is 7. The second-order valence-corrected chi connectivity index (χ2v) is 20.0. The van der Waals surface area contributed by atoms with Crippen molar-refractivity contribution in [3.63, 3.8) is 0 Å². The molecule has 6 aromatic rings. The van der Waals surface area contributed by atoms with Crippen LogP contribution in [0.15, 0.2) is 93.3 Å². The molecular weight excluding hydrogens is 1070 g/mol. The number of carboxylic acid groups (broad SMARTS) is 1. The minimum Gasteiger partial charge on any atom is -0.505 e. The Bertz CT molecular complexity index is 3640. The fraction of sp³-hybridized carbons (Fsp3) is 0.171. The first-order chi connectivity index (χ1) is 33.1. The zero-order valence-corrected chi connectivity index (χ0v) is 40.5. The van der Waals surface area contributed by atoms with E-state index in [1.807, 2.05) is 6.26 Å². The summed E-state index contributed by atoms with van der Waals surface area (Å²) >= 11 is 2.57. The lowest BCUT2D eigenvalue weighted by Crippen LogP contribution is -2.08. The number of phenols is 2. The predicted octanol–water partition coefficient (Wildman–Crippen LogP) is 5.84. The van der Waals surface area contributed by atoms with Crippen molar-refractivity contribution in [1.29, 1.82) is 0 Å². The van der Waals surface area contributed by atoms with E-state index in [1.165, 1.54) is 48.2 Å². The first kappa shape index (κ1) is 56.1. The first-order valence-corrected chi connectivity index (χ1v) is 25.9.